The van der Waals surface area contributed by atoms with Crippen molar-refractivity contribution in [2.24, 2.45) is 0 Å². The third kappa shape index (κ3) is 5.00. The smallest absolute Gasteiger partial charge is 0.251 e. The van der Waals surface area contributed by atoms with Crippen molar-refractivity contribution in [3.05, 3.63) is 103 Å². The molecule has 1 N–H and O–H groups in total. The molecule has 0 atom stereocenters. The number of oxazole rings is 1. The van der Waals surface area contributed by atoms with Crippen molar-refractivity contribution in [1.29, 1.82) is 0 Å². The highest BCUT2D eigenvalue weighted by molar-refractivity contribution is 14.1. The van der Waals surface area contributed by atoms with Gasteiger partial charge in [0.2, 0.25) is 11.8 Å². The second-order valence-corrected chi connectivity index (χ2v) is 11.4. The Hall–Kier alpha value is -3.67. The molecule has 1 aromatic heterocycles. The maximum atomic E-state index is 14.1. The van der Waals surface area contributed by atoms with Crippen LogP contribution in [0.15, 0.2) is 52.9 Å². The zero-order valence-corrected chi connectivity index (χ0v) is 24.3. The molecule has 0 fully saturated rings. The Labute approximate surface area is 242 Å². The number of aromatic nitrogens is 1. The average molecular weight is 659 g/mol. The minimum atomic E-state index is -1.09. The van der Waals surface area contributed by atoms with Crippen LogP contribution in [0.3, 0.4) is 0 Å². The lowest BCUT2D eigenvalue weighted by Crippen LogP contribution is -2.36. The molecule has 6 nitrogen and oxygen atoms in total. The van der Waals surface area contributed by atoms with Crippen LogP contribution in [0, 0.1) is 34.9 Å². The SMILES string of the molecule is Cc1ccc(-c2nc(CN3C(=O)C(C)(C)c4c(I)cc(C(=O)NCc5c(F)cc(F)cc5F)cc43)c(C)o2)cc1. The molecule has 1 aliphatic rings. The van der Waals surface area contributed by atoms with Crippen LogP contribution in [0.2, 0.25) is 0 Å². The Morgan fingerprint density at radius 3 is 2.35 bits per heavy atom. The van der Waals surface area contributed by atoms with Gasteiger partial charge in [0.05, 0.1) is 17.6 Å². The van der Waals surface area contributed by atoms with Crippen LogP contribution in [0.1, 0.15) is 52.3 Å². The maximum Gasteiger partial charge on any atom is 0.251 e. The van der Waals surface area contributed by atoms with Crippen molar-refractivity contribution in [1.82, 2.24) is 10.3 Å². The molecular formula is C30H25F3IN3O3. The summed E-state index contributed by atoms with van der Waals surface area (Å²) in [5.41, 5.74) is 2.72. The molecule has 10 heteroatoms. The summed E-state index contributed by atoms with van der Waals surface area (Å²) in [5, 5.41) is 2.49. The lowest BCUT2D eigenvalue weighted by Gasteiger charge is -2.19. The molecule has 0 radical (unpaired) electrons. The van der Waals surface area contributed by atoms with Crippen LogP contribution >= 0.6 is 22.6 Å². The number of aryl methyl sites for hydroxylation is 2. The molecule has 40 heavy (non-hydrogen) atoms. The Morgan fingerprint density at radius 2 is 1.70 bits per heavy atom. The van der Waals surface area contributed by atoms with Gasteiger partial charge in [0, 0.05) is 44.5 Å². The summed E-state index contributed by atoms with van der Waals surface area (Å²) >= 11 is 2.08. The zero-order valence-electron chi connectivity index (χ0n) is 22.2. The number of hydrogen-bond acceptors (Lipinski definition) is 4. The highest BCUT2D eigenvalue weighted by Crippen LogP contribution is 2.45. The van der Waals surface area contributed by atoms with Crippen molar-refractivity contribution < 1.29 is 27.2 Å². The lowest BCUT2D eigenvalue weighted by molar-refractivity contribution is -0.122. The van der Waals surface area contributed by atoms with Gasteiger partial charge >= 0.3 is 0 Å². The first kappa shape index (κ1) is 27.9. The van der Waals surface area contributed by atoms with Gasteiger partial charge in [-0.05, 0) is 74.6 Å². The van der Waals surface area contributed by atoms with E-state index >= 15 is 0 Å². The van der Waals surface area contributed by atoms with Crippen molar-refractivity contribution in [2.75, 3.05) is 4.90 Å². The lowest BCUT2D eigenvalue weighted by atomic mass is 9.86. The summed E-state index contributed by atoms with van der Waals surface area (Å²) in [6.45, 7) is 7.08. The van der Waals surface area contributed by atoms with Gasteiger partial charge in [-0.15, -0.1) is 0 Å². The van der Waals surface area contributed by atoms with Crippen molar-refractivity contribution in [3.8, 4) is 11.5 Å². The number of anilines is 1. The molecule has 4 aromatic rings. The molecule has 0 saturated heterocycles. The molecule has 5 rings (SSSR count). The minimum absolute atomic E-state index is 0.129. The summed E-state index contributed by atoms with van der Waals surface area (Å²) in [6, 6.07) is 12.1. The fourth-order valence-corrected chi connectivity index (χ4v) is 6.11. The van der Waals surface area contributed by atoms with Gasteiger partial charge in [0.15, 0.2) is 0 Å². The van der Waals surface area contributed by atoms with Crippen molar-refractivity contribution >= 4 is 40.1 Å². The quantitative estimate of drug-likeness (QED) is 0.233. The highest BCUT2D eigenvalue weighted by atomic mass is 127. The first-order chi connectivity index (χ1) is 18.9. The second kappa shape index (κ2) is 10.4. The highest BCUT2D eigenvalue weighted by Gasteiger charge is 2.46. The molecule has 1 aliphatic heterocycles. The average Bonchev–Trinajstić information content (AvgIpc) is 3.33. The number of fused-ring (bicyclic) bond motifs is 1. The number of nitrogens with one attached hydrogen (secondary N) is 1. The first-order valence-corrected chi connectivity index (χ1v) is 13.6. The first-order valence-electron chi connectivity index (χ1n) is 12.5. The van der Waals surface area contributed by atoms with Gasteiger partial charge in [-0.3, -0.25) is 9.59 Å². The molecule has 2 amide bonds. The van der Waals surface area contributed by atoms with E-state index in [4.69, 9.17) is 4.42 Å². The summed E-state index contributed by atoms with van der Waals surface area (Å²) in [7, 11) is 0. The molecule has 0 unspecified atom stereocenters. The van der Waals surface area contributed by atoms with Gasteiger partial charge in [0.1, 0.15) is 28.9 Å². The third-order valence-electron chi connectivity index (χ3n) is 7.06. The Morgan fingerprint density at radius 1 is 1.05 bits per heavy atom. The number of nitrogens with zero attached hydrogens (tertiary/aromatic N) is 2. The van der Waals surface area contributed by atoms with Gasteiger partial charge in [0.25, 0.3) is 5.91 Å². The molecule has 0 spiro atoms. The fraction of sp³-hybridized carbons (Fsp3) is 0.233. The van der Waals surface area contributed by atoms with Crippen LogP contribution < -0.4 is 10.2 Å². The topological polar surface area (TPSA) is 75.4 Å². The Bertz CT molecular complexity index is 1640. The minimum Gasteiger partial charge on any atom is -0.441 e. The van der Waals surface area contributed by atoms with Gasteiger partial charge in [-0.1, -0.05) is 17.7 Å². The number of benzene rings is 3. The normalized spacial score (nSPS) is 14.0. The number of carbonyl (C=O) groups excluding carboxylic acids is 2. The van der Waals surface area contributed by atoms with E-state index in [0.29, 0.717) is 38.7 Å². The number of hydrogen-bond donors (Lipinski definition) is 1. The van der Waals surface area contributed by atoms with E-state index in [1.54, 1.807) is 24.0 Å². The van der Waals surface area contributed by atoms with E-state index < -0.39 is 40.9 Å². The van der Waals surface area contributed by atoms with Crippen LogP contribution in [0.4, 0.5) is 18.9 Å². The van der Waals surface area contributed by atoms with Gasteiger partial charge < -0.3 is 14.6 Å². The van der Waals surface area contributed by atoms with Crippen LogP contribution in [-0.4, -0.2) is 16.8 Å². The maximum absolute atomic E-state index is 14.1. The molecule has 0 aliphatic carbocycles. The summed E-state index contributed by atoms with van der Waals surface area (Å²) in [4.78, 5) is 32.9. The number of rotatable bonds is 6. The predicted molar refractivity (Wildman–Crippen MR) is 152 cm³/mol. The molecule has 3 aromatic carbocycles. The van der Waals surface area contributed by atoms with Crippen LogP contribution in [0.25, 0.3) is 11.5 Å². The molecule has 206 valence electrons. The van der Waals surface area contributed by atoms with E-state index in [9.17, 15) is 22.8 Å². The van der Waals surface area contributed by atoms with E-state index in [-0.39, 0.29) is 18.0 Å². The largest absolute Gasteiger partial charge is 0.441 e. The summed E-state index contributed by atoms with van der Waals surface area (Å²) in [5.74, 6) is -2.96. The number of carbonyl (C=O) groups is 2. The van der Waals surface area contributed by atoms with E-state index in [2.05, 4.69) is 32.9 Å². The van der Waals surface area contributed by atoms with Crippen molar-refractivity contribution in [3.63, 3.8) is 0 Å². The van der Waals surface area contributed by atoms with E-state index in [1.807, 2.05) is 45.0 Å². The van der Waals surface area contributed by atoms with E-state index in [1.165, 1.54) is 0 Å². The van der Waals surface area contributed by atoms with Crippen LogP contribution in [-0.2, 0) is 23.3 Å². The molecule has 2 heterocycles. The van der Waals surface area contributed by atoms with Crippen LogP contribution in [0.5, 0.6) is 0 Å². The fourth-order valence-electron chi connectivity index (χ4n) is 4.82. The molecular weight excluding hydrogens is 634 g/mol. The number of amides is 2. The third-order valence-corrected chi connectivity index (χ3v) is 7.91. The Kier molecular flexibility index (Phi) is 7.24. The van der Waals surface area contributed by atoms with Gasteiger partial charge in [-0.2, -0.15) is 0 Å². The number of halogens is 4. The Balaban J connectivity index is 1.45. The van der Waals surface area contributed by atoms with Crippen molar-refractivity contribution in [2.45, 2.75) is 46.2 Å². The second-order valence-electron chi connectivity index (χ2n) is 10.3. The molecule has 0 saturated carbocycles. The van der Waals surface area contributed by atoms with Gasteiger partial charge in [-0.25, -0.2) is 18.2 Å². The summed E-state index contributed by atoms with van der Waals surface area (Å²) < 4.78 is 48.0. The van der Waals surface area contributed by atoms with E-state index in [0.717, 1.165) is 16.7 Å². The summed E-state index contributed by atoms with van der Waals surface area (Å²) in [6.07, 6.45) is 0. The monoisotopic (exact) mass is 659 g/mol. The standard InChI is InChI=1S/C30H25F3IN3O3/c1-15-5-7-17(8-6-15)28-36-24(16(2)40-28)14-37-25-10-18(9-23(34)26(25)30(3,4)29(37)39)27(38)35-13-20-21(32)11-19(31)12-22(20)33/h5-12H,13-14H2,1-4H3,(H,35,38). The predicted octanol–water partition coefficient (Wildman–Crippen LogP) is 6.73. The molecule has 0 bridgehead atoms. The zero-order chi connectivity index (χ0) is 28.9.